The lowest BCUT2D eigenvalue weighted by molar-refractivity contribution is 0.552. The Morgan fingerprint density at radius 3 is 2.57 bits per heavy atom. The lowest BCUT2D eigenvalue weighted by atomic mass is 10.2. The molecule has 0 radical (unpaired) electrons. The average molecular weight is 204 g/mol. The highest BCUT2D eigenvalue weighted by molar-refractivity contribution is 6.83. The quantitative estimate of drug-likeness (QED) is 0.504. The molecule has 2 heteroatoms. The van der Waals surface area contributed by atoms with E-state index in [9.17, 15) is 0 Å². The fourth-order valence-corrected chi connectivity index (χ4v) is 1.50. The van der Waals surface area contributed by atoms with Crippen LogP contribution in [0.15, 0.2) is 23.3 Å². The van der Waals surface area contributed by atoms with Gasteiger partial charge in [-0.25, -0.2) is 0 Å². The molecule has 0 aliphatic rings. The minimum atomic E-state index is -1.30. The molecule has 1 nitrogen and oxygen atoms in total. The first-order chi connectivity index (χ1) is 6.40. The minimum Gasteiger partial charge on any atom is -0.463 e. The molecular weight excluding hydrogens is 188 g/mol. The maximum atomic E-state index is 5.30. The predicted molar refractivity (Wildman–Crippen MR) is 63.6 cm³/mol. The van der Waals surface area contributed by atoms with E-state index in [2.05, 4.69) is 37.7 Å². The second-order valence-electron chi connectivity index (χ2n) is 4.44. The van der Waals surface area contributed by atoms with E-state index >= 15 is 0 Å². The van der Waals surface area contributed by atoms with Gasteiger partial charge in [-0.3, -0.25) is 0 Å². The van der Waals surface area contributed by atoms with Crippen LogP contribution < -0.4 is 0 Å². The van der Waals surface area contributed by atoms with Crippen molar-refractivity contribution in [1.82, 2.24) is 0 Å². The Morgan fingerprint density at radius 2 is 2.07 bits per heavy atom. The molecule has 0 aliphatic heterocycles. The van der Waals surface area contributed by atoms with Gasteiger partial charge >= 0.3 is 0 Å². The number of furan rings is 1. The van der Waals surface area contributed by atoms with E-state index in [1.54, 1.807) is 6.26 Å². The molecule has 0 unspecified atom stereocenters. The van der Waals surface area contributed by atoms with Gasteiger partial charge in [0.25, 0.3) is 0 Å². The van der Waals surface area contributed by atoms with E-state index in [4.69, 9.17) is 4.42 Å². The van der Waals surface area contributed by atoms with Crippen molar-refractivity contribution in [2.75, 3.05) is 0 Å². The van der Waals surface area contributed by atoms with Crippen LogP contribution in [0.1, 0.15) is 18.2 Å². The van der Waals surface area contributed by atoms with Gasteiger partial charge in [0.15, 0.2) is 0 Å². The molecule has 1 rings (SSSR count). The van der Waals surface area contributed by atoms with E-state index in [-0.39, 0.29) is 0 Å². The zero-order valence-corrected chi connectivity index (χ0v) is 10.3. The van der Waals surface area contributed by atoms with Crippen molar-refractivity contribution in [1.29, 1.82) is 0 Å². The smallest absolute Gasteiger partial charge is 0.144 e. The van der Waals surface area contributed by atoms with E-state index in [1.807, 2.05) is 13.0 Å². The van der Waals surface area contributed by atoms with Crippen LogP contribution >= 0.6 is 0 Å². The first-order valence-electron chi connectivity index (χ1n) is 4.67. The molecule has 0 N–H and O–H groups in total. The molecular formula is C12H16OSi. The third kappa shape index (κ3) is 2.93. The number of rotatable bonds is 1. The Kier molecular flexibility index (Phi) is 3.02. The second kappa shape index (κ2) is 3.89. The van der Waals surface area contributed by atoms with Crippen LogP contribution in [0.2, 0.25) is 19.6 Å². The fourth-order valence-electron chi connectivity index (χ4n) is 0.993. The zero-order valence-electron chi connectivity index (χ0n) is 9.27. The summed E-state index contributed by atoms with van der Waals surface area (Å²) in [5.41, 5.74) is 5.19. The fraction of sp³-hybridized carbons (Fsp3) is 0.333. The van der Waals surface area contributed by atoms with E-state index in [1.165, 1.54) is 0 Å². The molecule has 0 bridgehead atoms. The van der Waals surface area contributed by atoms with Crippen LogP contribution in [0.4, 0.5) is 0 Å². The van der Waals surface area contributed by atoms with Gasteiger partial charge in [0, 0.05) is 0 Å². The van der Waals surface area contributed by atoms with Gasteiger partial charge in [0.05, 0.1) is 11.8 Å². The Balaban J connectivity index is 3.02. The van der Waals surface area contributed by atoms with Gasteiger partial charge in [-0.15, -0.1) is 5.54 Å². The van der Waals surface area contributed by atoms with Crippen LogP contribution in [0.25, 0.3) is 5.57 Å². The first-order valence-corrected chi connectivity index (χ1v) is 8.17. The van der Waals surface area contributed by atoms with Crippen molar-refractivity contribution in [2.45, 2.75) is 26.6 Å². The predicted octanol–water partition coefficient (Wildman–Crippen LogP) is 3.54. The van der Waals surface area contributed by atoms with Crippen molar-refractivity contribution >= 4 is 13.6 Å². The molecule has 14 heavy (non-hydrogen) atoms. The molecule has 0 aromatic carbocycles. The normalized spacial score (nSPS) is 10.6. The molecule has 0 amide bonds. The average Bonchev–Trinajstić information content (AvgIpc) is 2.46. The molecule has 0 fully saturated rings. The second-order valence-corrected chi connectivity index (χ2v) is 9.19. The Labute approximate surface area is 86.8 Å². The summed E-state index contributed by atoms with van der Waals surface area (Å²) in [5.74, 6) is 3.99. The van der Waals surface area contributed by atoms with Gasteiger partial charge in [-0.2, -0.15) is 0 Å². The lowest BCUT2D eigenvalue weighted by Crippen LogP contribution is -2.16. The molecule has 0 spiro atoms. The van der Waals surface area contributed by atoms with Crippen molar-refractivity contribution in [3.05, 3.63) is 30.2 Å². The van der Waals surface area contributed by atoms with Crippen LogP contribution in [0.5, 0.6) is 0 Å². The molecule has 74 valence electrons. The molecule has 0 atom stereocenters. The summed E-state index contributed by atoms with van der Waals surface area (Å²) >= 11 is 0. The van der Waals surface area contributed by atoms with Crippen molar-refractivity contribution in [3.63, 3.8) is 0 Å². The molecule has 1 aromatic heterocycles. The van der Waals surface area contributed by atoms with Gasteiger partial charge in [-0.1, -0.05) is 32.1 Å². The number of hydrogen-bond donors (Lipinski definition) is 0. The van der Waals surface area contributed by atoms with Crippen LogP contribution in [0.3, 0.4) is 0 Å². The summed E-state index contributed by atoms with van der Waals surface area (Å²) in [6, 6.07) is 1.90. The van der Waals surface area contributed by atoms with Crippen molar-refractivity contribution in [3.8, 4) is 11.5 Å². The molecule has 0 saturated heterocycles. The summed E-state index contributed by atoms with van der Waals surface area (Å²) < 4.78 is 5.30. The molecule has 0 saturated carbocycles. The standard InChI is InChI=1S/C12H16OSi/c1-10(2)12-11(6-8-13-12)7-9-14(3,4)5/h6,8H,1H2,2-5H3. The van der Waals surface area contributed by atoms with Crippen molar-refractivity contribution in [2.24, 2.45) is 0 Å². The lowest BCUT2D eigenvalue weighted by Gasteiger charge is -2.03. The molecule has 1 aromatic rings. The van der Waals surface area contributed by atoms with Gasteiger partial charge in [0.2, 0.25) is 0 Å². The van der Waals surface area contributed by atoms with E-state index in [0.29, 0.717) is 0 Å². The maximum Gasteiger partial charge on any atom is 0.144 e. The van der Waals surface area contributed by atoms with E-state index in [0.717, 1.165) is 16.9 Å². The summed E-state index contributed by atoms with van der Waals surface area (Å²) in [6.45, 7) is 12.4. The number of hydrogen-bond acceptors (Lipinski definition) is 1. The summed E-state index contributed by atoms with van der Waals surface area (Å²) in [6.07, 6.45) is 1.66. The monoisotopic (exact) mass is 204 g/mol. The van der Waals surface area contributed by atoms with E-state index < -0.39 is 8.07 Å². The van der Waals surface area contributed by atoms with Crippen LogP contribution in [0, 0.1) is 11.5 Å². The van der Waals surface area contributed by atoms with Gasteiger partial charge in [0.1, 0.15) is 13.8 Å². The summed E-state index contributed by atoms with van der Waals surface area (Å²) in [5, 5.41) is 0. The Bertz CT molecular complexity index is 396. The topological polar surface area (TPSA) is 13.1 Å². The highest BCUT2D eigenvalue weighted by atomic mass is 28.3. The Morgan fingerprint density at radius 1 is 1.43 bits per heavy atom. The molecule has 0 aliphatic carbocycles. The van der Waals surface area contributed by atoms with Gasteiger partial charge in [-0.05, 0) is 18.6 Å². The highest BCUT2D eigenvalue weighted by Gasteiger charge is 2.09. The third-order valence-electron chi connectivity index (χ3n) is 1.63. The number of allylic oxidation sites excluding steroid dienone is 1. The summed E-state index contributed by atoms with van der Waals surface area (Å²) in [7, 11) is -1.30. The van der Waals surface area contributed by atoms with Crippen molar-refractivity contribution < 1.29 is 4.42 Å². The third-order valence-corrected chi connectivity index (χ3v) is 2.50. The Hall–Kier alpha value is -1.20. The molecule has 1 heterocycles. The summed E-state index contributed by atoms with van der Waals surface area (Å²) in [4.78, 5) is 0. The largest absolute Gasteiger partial charge is 0.463 e. The van der Waals surface area contributed by atoms with Crippen LogP contribution in [-0.4, -0.2) is 8.07 Å². The first kappa shape index (κ1) is 10.9. The maximum absolute atomic E-state index is 5.30. The highest BCUT2D eigenvalue weighted by Crippen LogP contribution is 2.17. The SMILES string of the molecule is C=C(C)c1occc1C#C[Si](C)(C)C. The minimum absolute atomic E-state index is 0.816. The zero-order chi connectivity index (χ0) is 10.8. The van der Waals surface area contributed by atoms with Crippen LogP contribution in [-0.2, 0) is 0 Å². The van der Waals surface area contributed by atoms with Gasteiger partial charge < -0.3 is 4.42 Å².